The molecule has 1 fully saturated rings. The molecular formula is C24H22ClNO2. The summed E-state index contributed by atoms with van der Waals surface area (Å²) >= 11 is 6.41. The van der Waals surface area contributed by atoms with Crippen molar-refractivity contribution in [1.29, 1.82) is 0 Å². The number of amides is 1. The van der Waals surface area contributed by atoms with E-state index in [0.717, 1.165) is 53.3 Å². The van der Waals surface area contributed by atoms with Gasteiger partial charge in [0.1, 0.15) is 11.4 Å². The first kappa shape index (κ1) is 17.6. The van der Waals surface area contributed by atoms with Crippen LogP contribution in [0.1, 0.15) is 42.9 Å². The van der Waals surface area contributed by atoms with Crippen LogP contribution in [0.3, 0.4) is 0 Å². The molecule has 2 aliphatic rings. The van der Waals surface area contributed by atoms with Crippen molar-refractivity contribution in [1.82, 2.24) is 5.32 Å². The SMILES string of the molecule is O=C(Cc1cccc2ccccc12)NC1CC2(CCC2)Oc2c(Cl)cccc21. The largest absolute Gasteiger partial charge is 0.485 e. The minimum atomic E-state index is -0.171. The normalized spacial score (nSPS) is 19.5. The van der Waals surface area contributed by atoms with Gasteiger partial charge in [0.2, 0.25) is 5.91 Å². The first-order chi connectivity index (χ1) is 13.6. The average molecular weight is 392 g/mol. The molecule has 1 unspecified atom stereocenters. The Morgan fingerprint density at radius 3 is 2.68 bits per heavy atom. The average Bonchev–Trinajstić information content (AvgIpc) is 2.67. The van der Waals surface area contributed by atoms with Crippen LogP contribution in [0.2, 0.25) is 5.02 Å². The molecule has 1 heterocycles. The van der Waals surface area contributed by atoms with Gasteiger partial charge in [-0.25, -0.2) is 0 Å². The van der Waals surface area contributed by atoms with Gasteiger partial charge in [-0.15, -0.1) is 0 Å². The van der Waals surface area contributed by atoms with E-state index in [9.17, 15) is 4.79 Å². The van der Waals surface area contributed by atoms with Gasteiger partial charge in [-0.05, 0) is 41.7 Å². The van der Waals surface area contributed by atoms with Crippen LogP contribution in [0.25, 0.3) is 10.8 Å². The van der Waals surface area contributed by atoms with Crippen LogP contribution >= 0.6 is 11.6 Å². The fourth-order valence-corrected chi connectivity index (χ4v) is 4.74. The topological polar surface area (TPSA) is 38.3 Å². The number of fused-ring (bicyclic) bond motifs is 2. The molecule has 28 heavy (non-hydrogen) atoms. The fourth-order valence-electron chi connectivity index (χ4n) is 4.52. The van der Waals surface area contributed by atoms with Crippen LogP contribution in [0.5, 0.6) is 5.75 Å². The Hall–Kier alpha value is -2.52. The predicted molar refractivity (Wildman–Crippen MR) is 112 cm³/mol. The number of benzene rings is 3. The van der Waals surface area contributed by atoms with Gasteiger partial charge in [-0.1, -0.05) is 66.2 Å². The van der Waals surface area contributed by atoms with Gasteiger partial charge in [-0.2, -0.15) is 0 Å². The van der Waals surface area contributed by atoms with Gasteiger partial charge in [0.05, 0.1) is 17.5 Å². The first-order valence-corrected chi connectivity index (χ1v) is 10.2. The molecule has 1 saturated carbocycles. The third-order valence-corrected chi connectivity index (χ3v) is 6.40. The number of para-hydroxylation sites is 1. The summed E-state index contributed by atoms with van der Waals surface area (Å²) in [5.41, 5.74) is 1.86. The van der Waals surface area contributed by atoms with Crippen molar-refractivity contribution >= 4 is 28.3 Å². The molecule has 0 aromatic heterocycles. The quantitative estimate of drug-likeness (QED) is 0.631. The lowest BCUT2D eigenvalue weighted by Gasteiger charge is -2.48. The molecule has 0 saturated heterocycles. The van der Waals surface area contributed by atoms with E-state index in [4.69, 9.17) is 16.3 Å². The second-order valence-electron chi connectivity index (χ2n) is 7.94. The van der Waals surface area contributed by atoms with Gasteiger partial charge < -0.3 is 10.1 Å². The Morgan fingerprint density at radius 2 is 1.86 bits per heavy atom. The van der Waals surface area contributed by atoms with Crippen LogP contribution < -0.4 is 10.1 Å². The summed E-state index contributed by atoms with van der Waals surface area (Å²) in [4.78, 5) is 13.0. The molecule has 3 aromatic carbocycles. The predicted octanol–water partition coefficient (Wildman–Crippen LogP) is 5.60. The van der Waals surface area contributed by atoms with E-state index in [2.05, 4.69) is 23.5 Å². The van der Waals surface area contributed by atoms with E-state index in [0.29, 0.717) is 11.4 Å². The highest BCUT2D eigenvalue weighted by Crippen LogP contribution is 2.50. The Balaban J connectivity index is 1.41. The Morgan fingerprint density at radius 1 is 1.07 bits per heavy atom. The van der Waals surface area contributed by atoms with Gasteiger partial charge >= 0.3 is 0 Å². The van der Waals surface area contributed by atoms with Crippen molar-refractivity contribution in [3.05, 3.63) is 76.8 Å². The van der Waals surface area contributed by atoms with Crippen molar-refractivity contribution in [3.63, 3.8) is 0 Å². The number of hydrogen-bond donors (Lipinski definition) is 1. The minimum Gasteiger partial charge on any atom is -0.485 e. The summed E-state index contributed by atoms with van der Waals surface area (Å²) in [5.74, 6) is 0.772. The summed E-state index contributed by atoms with van der Waals surface area (Å²) in [6.45, 7) is 0. The Kier molecular flexibility index (Phi) is 4.28. The highest BCUT2D eigenvalue weighted by Gasteiger charge is 2.46. The maximum atomic E-state index is 13.0. The highest BCUT2D eigenvalue weighted by molar-refractivity contribution is 6.32. The van der Waals surface area contributed by atoms with Crippen LogP contribution in [0.15, 0.2) is 60.7 Å². The zero-order chi connectivity index (χ0) is 19.1. The van der Waals surface area contributed by atoms with Gasteiger partial charge in [0.15, 0.2) is 0 Å². The molecule has 1 N–H and O–H groups in total. The lowest BCUT2D eigenvalue weighted by molar-refractivity contribution is -0.122. The van der Waals surface area contributed by atoms with Crippen molar-refractivity contribution in [2.75, 3.05) is 0 Å². The molecule has 1 atom stereocenters. The molecule has 5 rings (SSSR count). The molecule has 1 spiro atoms. The highest BCUT2D eigenvalue weighted by atomic mass is 35.5. The Bertz CT molecular complexity index is 1050. The number of rotatable bonds is 3. The number of nitrogens with one attached hydrogen (secondary N) is 1. The third kappa shape index (κ3) is 3.04. The van der Waals surface area contributed by atoms with Crippen molar-refractivity contribution in [3.8, 4) is 5.75 Å². The summed E-state index contributed by atoms with van der Waals surface area (Å²) in [7, 11) is 0. The van der Waals surface area contributed by atoms with E-state index in [1.165, 1.54) is 0 Å². The molecular weight excluding hydrogens is 370 g/mol. The third-order valence-electron chi connectivity index (χ3n) is 6.10. The summed E-state index contributed by atoms with van der Waals surface area (Å²) < 4.78 is 6.29. The molecule has 3 aromatic rings. The van der Waals surface area contributed by atoms with E-state index in [-0.39, 0.29) is 17.6 Å². The number of carbonyl (C=O) groups excluding carboxylic acids is 1. The van der Waals surface area contributed by atoms with Crippen molar-refractivity contribution in [2.45, 2.75) is 43.7 Å². The van der Waals surface area contributed by atoms with Crippen molar-refractivity contribution < 1.29 is 9.53 Å². The fraction of sp³-hybridized carbons (Fsp3) is 0.292. The maximum absolute atomic E-state index is 13.0. The molecule has 1 aliphatic heterocycles. The van der Waals surface area contributed by atoms with Gasteiger partial charge in [0, 0.05) is 12.0 Å². The summed E-state index contributed by atoms with van der Waals surface area (Å²) in [5, 5.41) is 6.17. The zero-order valence-electron chi connectivity index (χ0n) is 15.6. The van der Waals surface area contributed by atoms with E-state index >= 15 is 0 Å². The summed E-state index contributed by atoms with van der Waals surface area (Å²) in [6, 6.07) is 20.0. The first-order valence-electron chi connectivity index (χ1n) is 9.87. The minimum absolute atomic E-state index is 0.0312. The van der Waals surface area contributed by atoms with Crippen LogP contribution in [-0.2, 0) is 11.2 Å². The number of carbonyl (C=O) groups is 1. The van der Waals surface area contributed by atoms with E-state index in [1.54, 1.807) is 0 Å². The monoisotopic (exact) mass is 391 g/mol. The lowest BCUT2D eigenvalue weighted by Crippen LogP contribution is -2.50. The molecule has 142 valence electrons. The molecule has 0 radical (unpaired) electrons. The van der Waals surface area contributed by atoms with Gasteiger partial charge in [0.25, 0.3) is 0 Å². The standard InChI is InChI=1S/C24H22ClNO2/c25-20-11-4-10-19-21(15-24(12-5-13-24)28-23(19)20)26-22(27)14-17-8-3-7-16-6-1-2-9-18(16)17/h1-4,6-11,21H,5,12-15H2,(H,26,27). The van der Waals surface area contributed by atoms with Crippen LogP contribution in [-0.4, -0.2) is 11.5 Å². The smallest absolute Gasteiger partial charge is 0.224 e. The van der Waals surface area contributed by atoms with Crippen LogP contribution in [0.4, 0.5) is 0 Å². The summed E-state index contributed by atoms with van der Waals surface area (Å²) in [6.07, 6.45) is 4.38. The van der Waals surface area contributed by atoms with E-state index in [1.807, 2.05) is 42.5 Å². The number of ether oxygens (including phenoxy) is 1. The molecule has 0 bridgehead atoms. The molecule has 1 amide bonds. The molecule has 1 aliphatic carbocycles. The number of halogens is 1. The lowest BCUT2D eigenvalue weighted by atomic mass is 9.73. The second kappa shape index (κ2) is 6.82. The molecule has 3 nitrogen and oxygen atoms in total. The maximum Gasteiger partial charge on any atom is 0.224 e. The Labute approximate surface area is 169 Å². The zero-order valence-corrected chi connectivity index (χ0v) is 16.3. The van der Waals surface area contributed by atoms with Gasteiger partial charge in [-0.3, -0.25) is 4.79 Å². The molecule has 4 heteroatoms. The number of hydrogen-bond acceptors (Lipinski definition) is 2. The van der Waals surface area contributed by atoms with Crippen LogP contribution in [0, 0.1) is 0 Å². The van der Waals surface area contributed by atoms with Crippen molar-refractivity contribution in [2.24, 2.45) is 0 Å². The second-order valence-corrected chi connectivity index (χ2v) is 8.34. The van der Waals surface area contributed by atoms with E-state index < -0.39 is 0 Å².